The molecule has 0 spiro atoms. The lowest BCUT2D eigenvalue weighted by molar-refractivity contribution is 0.390. The summed E-state index contributed by atoms with van der Waals surface area (Å²) in [5.74, 6) is 0.899. The summed E-state index contributed by atoms with van der Waals surface area (Å²) in [4.78, 5) is 0. The highest BCUT2D eigenvalue weighted by atomic mass is 16.3. The molecular weight excluding hydrogens is 436 g/mol. The molecule has 0 aliphatic carbocycles. The molecular formula is C31H32O4. The highest BCUT2D eigenvalue weighted by Crippen LogP contribution is 2.48. The van der Waals surface area contributed by atoms with E-state index in [1.165, 1.54) is 0 Å². The molecule has 35 heavy (non-hydrogen) atoms. The highest BCUT2D eigenvalue weighted by molar-refractivity contribution is 5.50. The van der Waals surface area contributed by atoms with E-state index in [2.05, 4.69) is 13.8 Å². The Morgan fingerprint density at radius 3 is 1.14 bits per heavy atom. The van der Waals surface area contributed by atoms with Crippen LogP contribution in [0.5, 0.6) is 23.0 Å². The minimum atomic E-state index is -0.512. The van der Waals surface area contributed by atoms with E-state index in [0.717, 1.165) is 33.4 Å². The van der Waals surface area contributed by atoms with Crippen LogP contribution in [-0.2, 0) is 10.8 Å². The molecule has 0 radical (unpaired) electrons. The van der Waals surface area contributed by atoms with Gasteiger partial charge in [-0.25, -0.2) is 0 Å². The molecule has 0 heterocycles. The largest absolute Gasteiger partial charge is 0.508 e. The summed E-state index contributed by atoms with van der Waals surface area (Å²) < 4.78 is 0. The molecule has 4 rings (SSSR count). The van der Waals surface area contributed by atoms with Crippen LogP contribution in [0.3, 0.4) is 0 Å². The van der Waals surface area contributed by atoms with Gasteiger partial charge in [-0.2, -0.15) is 0 Å². The smallest absolute Gasteiger partial charge is 0.118 e. The van der Waals surface area contributed by atoms with Crippen molar-refractivity contribution in [3.8, 4) is 23.0 Å². The van der Waals surface area contributed by atoms with Crippen LogP contribution in [0, 0.1) is 13.8 Å². The molecule has 4 aromatic rings. The van der Waals surface area contributed by atoms with Crippen LogP contribution in [-0.4, -0.2) is 20.4 Å². The van der Waals surface area contributed by atoms with Crippen LogP contribution in [0.4, 0.5) is 0 Å². The lowest BCUT2D eigenvalue weighted by Crippen LogP contribution is -2.36. The third-order valence-electron chi connectivity index (χ3n) is 7.38. The zero-order valence-electron chi connectivity index (χ0n) is 20.6. The molecule has 4 heteroatoms. The highest BCUT2D eigenvalue weighted by Gasteiger charge is 2.40. The van der Waals surface area contributed by atoms with Gasteiger partial charge in [0.15, 0.2) is 0 Å². The van der Waals surface area contributed by atoms with Gasteiger partial charge in [0.05, 0.1) is 0 Å². The number of aromatic hydroxyl groups is 4. The quantitative estimate of drug-likeness (QED) is 0.250. The van der Waals surface area contributed by atoms with Crippen molar-refractivity contribution in [3.63, 3.8) is 0 Å². The maximum absolute atomic E-state index is 10.2. The Bertz CT molecular complexity index is 1240. The monoisotopic (exact) mass is 468 g/mol. The summed E-state index contributed by atoms with van der Waals surface area (Å²) in [6, 6.07) is 25.9. The van der Waals surface area contributed by atoms with E-state index in [0.29, 0.717) is 6.42 Å². The maximum atomic E-state index is 10.2. The number of aryl methyl sites for hydroxylation is 2. The average molecular weight is 469 g/mol. The molecule has 0 saturated heterocycles. The lowest BCUT2D eigenvalue weighted by Gasteiger charge is -2.42. The van der Waals surface area contributed by atoms with E-state index >= 15 is 0 Å². The van der Waals surface area contributed by atoms with Crippen molar-refractivity contribution in [2.24, 2.45) is 0 Å². The molecule has 0 aliphatic rings. The predicted octanol–water partition coefficient (Wildman–Crippen LogP) is 6.83. The van der Waals surface area contributed by atoms with Crippen molar-refractivity contribution in [3.05, 3.63) is 118 Å². The third-order valence-corrected chi connectivity index (χ3v) is 7.38. The Morgan fingerprint density at radius 2 is 0.800 bits per heavy atom. The van der Waals surface area contributed by atoms with Crippen molar-refractivity contribution in [2.45, 2.75) is 44.9 Å². The van der Waals surface area contributed by atoms with E-state index in [1.807, 2.05) is 62.4 Å². The van der Waals surface area contributed by atoms with Crippen LogP contribution >= 0.6 is 0 Å². The summed E-state index contributed by atoms with van der Waals surface area (Å²) in [6.07, 6.45) is 0.643. The molecule has 0 bridgehead atoms. The lowest BCUT2D eigenvalue weighted by atomic mass is 9.61. The van der Waals surface area contributed by atoms with Gasteiger partial charge in [0.25, 0.3) is 0 Å². The first-order chi connectivity index (χ1) is 16.5. The Labute approximate surface area is 206 Å². The van der Waals surface area contributed by atoms with Crippen molar-refractivity contribution >= 4 is 0 Å². The van der Waals surface area contributed by atoms with E-state index in [-0.39, 0.29) is 23.0 Å². The third kappa shape index (κ3) is 4.57. The van der Waals surface area contributed by atoms with Crippen molar-refractivity contribution in [1.29, 1.82) is 0 Å². The van der Waals surface area contributed by atoms with Crippen LogP contribution < -0.4 is 0 Å². The second-order valence-corrected chi connectivity index (χ2v) is 9.94. The number of hydrogen-bond acceptors (Lipinski definition) is 4. The van der Waals surface area contributed by atoms with Crippen molar-refractivity contribution < 1.29 is 20.4 Å². The second kappa shape index (κ2) is 9.03. The Morgan fingerprint density at radius 1 is 0.486 bits per heavy atom. The zero-order chi connectivity index (χ0) is 25.4. The number of phenolic OH excluding ortho intramolecular Hbond substituents is 4. The summed E-state index contributed by atoms with van der Waals surface area (Å²) in [5.41, 5.74) is 4.70. The molecule has 0 aliphatic heterocycles. The van der Waals surface area contributed by atoms with Crippen molar-refractivity contribution in [1.82, 2.24) is 0 Å². The van der Waals surface area contributed by atoms with Gasteiger partial charge in [0.2, 0.25) is 0 Å². The minimum Gasteiger partial charge on any atom is -0.508 e. The van der Waals surface area contributed by atoms with Crippen LogP contribution in [0.2, 0.25) is 0 Å². The first-order valence-electron chi connectivity index (χ1n) is 11.7. The molecule has 4 N–H and O–H groups in total. The van der Waals surface area contributed by atoms with Gasteiger partial charge >= 0.3 is 0 Å². The van der Waals surface area contributed by atoms with E-state index in [1.54, 1.807) is 36.4 Å². The molecule has 180 valence electrons. The minimum absolute atomic E-state index is 0.202. The fourth-order valence-corrected chi connectivity index (χ4v) is 5.10. The molecule has 4 nitrogen and oxygen atoms in total. The van der Waals surface area contributed by atoms with Gasteiger partial charge in [-0.05, 0) is 90.0 Å². The standard InChI is InChI=1S/C31H32O4/c1-20-17-24(9-15-28(20)34)31(4,25-10-16-29(35)21(2)18-25)19-30(3,22-5-11-26(32)12-6-22)23-7-13-27(33)14-8-23/h5-18,32-35H,19H2,1-4H3. The molecule has 0 fully saturated rings. The molecule has 0 atom stereocenters. The van der Waals surface area contributed by atoms with Crippen LogP contribution in [0.1, 0.15) is 53.6 Å². The normalized spacial score (nSPS) is 12.0. The average Bonchev–Trinajstić information content (AvgIpc) is 2.83. The summed E-state index contributed by atoms with van der Waals surface area (Å²) in [7, 11) is 0. The number of rotatable bonds is 6. The maximum Gasteiger partial charge on any atom is 0.118 e. The van der Waals surface area contributed by atoms with Gasteiger partial charge in [-0.3, -0.25) is 0 Å². The van der Waals surface area contributed by atoms with Gasteiger partial charge < -0.3 is 20.4 Å². The van der Waals surface area contributed by atoms with Crippen LogP contribution in [0.15, 0.2) is 84.9 Å². The molecule has 0 amide bonds. The topological polar surface area (TPSA) is 80.9 Å². The SMILES string of the molecule is Cc1cc(C(C)(CC(C)(c2ccc(O)cc2)c2ccc(O)cc2)c2ccc(O)c(C)c2)ccc1O. The molecule has 0 unspecified atom stereocenters. The summed E-state index contributed by atoms with van der Waals surface area (Å²) in [6.45, 7) is 8.13. The Balaban J connectivity index is 1.96. The predicted molar refractivity (Wildman–Crippen MR) is 139 cm³/mol. The number of hydrogen-bond donors (Lipinski definition) is 4. The fraction of sp³-hybridized carbons (Fsp3) is 0.226. The Hall–Kier alpha value is -3.92. The van der Waals surface area contributed by atoms with E-state index in [4.69, 9.17) is 0 Å². The van der Waals surface area contributed by atoms with E-state index in [9.17, 15) is 20.4 Å². The van der Waals surface area contributed by atoms with Crippen molar-refractivity contribution in [2.75, 3.05) is 0 Å². The van der Waals surface area contributed by atoms with Gasteiger partial charge in [0.1, 0.15) is 23.0 Å². The molecule has 0 aromatic heterocycles. The van der Waals surface area contributed by atoms with Gasteiger partial charge in [-0.1, -0.05) is 62.4 Å². The first-order valence-corrected chi connectivity index (χ1v) is 11.7. The van der Waals surface area contributed by atoms with Crippen LogP contribution in [0.25, 0.3) is 0 Å². The number of benzene rings is 4. The summed E-state index contributed by atoms with van der Waals surface area (Å²) in [5, 5.41) is 40.3. The Kier molecular flexibility index (Phi) is 6.25. The number of phenols is 4. The summed E-state index contributed by atoms with van der Waals surface area (Å²) >= 11 is 0. The van der Waals surface area contributed by atoms with Gasteiger partial charge in [0, 0.05) is 10.8 Å². The second-order valence-electron chi connectivity index (χ2n) is 9.94. The van der Waals surface area contributed by atoms with Gasteiger partial charge in [-0.15, -0.1) is 0 Å². The van der Waals surface area contributed by atoms with E-state index < -0.39 is 10.8 Å². The fourth-order valence-electron chi connectivity index (χ4n) is 5.10. The first kappa shape index (κ1) is 24.2. The molecule has 0 saturated carbocycles. The molecule has 4 aromatic carbocycles. The zero-order valence-corrected chi connectivity index (χ0v) is 20.6.